The third kappa shape index (κ3) is 7.57. The molecule has 1 aromatic heterocycles. The molecule has 1 aliphatic carbocycles. The molecule has 0 bridgehead atoms. The largest absolute Gasteiger partial charge is 0.367 e. The van der Waals surface area contributed by atoms with Gasteiger partial charge in [-0.1, -0.05) is 45.7 Å². The fourth-order valence-electron chi connectivity index (χ4n) is 4.99. The van der Waals surface area contributed by atoms with Crippen LogP contribution in [0.25, 0.3) is 11.1 Å². The first-order valence-electron chi connectivity index (χ1n) is 12.6. The second-order valence-corrected chi connectivity index (χ2v) is 10.5. The third-order valence-electron chi connectivity index (χ3n) is 6.89. The van der Waals surface area contributed by atoms with Crippen molar-refractivity contribution in [2.24, 2.45) is 22.1 Å². The van der Waals surface area contributed by atoms with Gasteiger partial charge < -0.3 is 16.0 Å². The number of primary amides is 1. The van der Waals surface area contributed by atoms with Crippen LogP contribution in [-0.2, 0) is 0 Å². The Hall–Kier alpha value is -2.89. The lowest BCUT2D eigenvalue weighted by atomic mass is 9.84. The molecular weight excluding hydrogens is 422 g/mol. The predicted octanol–water partition coefficient (Wildman–Crippen LogP) is 5.60. The number of nitrogens with zero attached hydrogens (tertiary/aromatic N) is 3. The average molecular weight is 464 g/mol. The Morgan fingerprint density at radius 3 is 2.65 bits per heavy atom. The number of hydrogen-bond donors (Lipinski definition) is 2. The molecule has 1 saturated heterocycles. The van der Waals surface area contributed by atoms with Crippen molar-refractivity contribution < 1.29 is 4.79 Å². The number of hydrogen-bond acceptors (Lipinski definition) is 4. The smallest absolute Gasteiger partial charge is 0.248 e. The topological polar surface area (TPSA) is 83.6 Å². The zero-order chi connectivity index (χ0) is 24.6. The molecular formula is C28H41N5O. The van der Waals surface area contributed by atoms with Crippen LogP contribution in [-0.4, -0.2) is 48.3 Å². The number of amides is 1. The molecule has 6 heteroatoms. The van der Waals surface area contributed by atoms with Gasteiger partial charge >= 0.3 is 0 Å². The summed E-state index contributed by atoms with van der Waals surface area (Å²) in [6.45, 7) is 9.29. The Balaban J connectivity index is 0.000000248. The zero-order valence-corrected chi connectivity index (χ0v) is 21.3. The van der Waals surface area contributed by atoms with E-state index in [9.17, 15) is 4.79 Å². The van der Waals surface area contributed by atoms with Crippen LogP contribution in [0.5, 0.6) is 0 Å². The Kier molecular flexibility index (Phi) is 9.08. The Labute approximate surface area is 205 Å². The maximum absolute atomic E-state index is 11.3. The van der Waals surface area contributed by atoms with Crippen LogP contribution in [0.3, 0.4) is 0 Å². The predicted molar refractivity (Wildman–Crippen MR) is 142 cm³/mol. The second-order valence-electron chi connectivity index (χ2n) is 10.5. The molecule has 0 unspecified atom stereocenters. The summed E-state index contributed by atoms with van der Waals surface area (Å²) >= 11 is 0. The van der Waals surface area contributed by atoms with Gasteiger partial charge in [0.15, 0.2) is 0 Å². The highest BCUT2D eigenvalue weighted by molar-refractivity contribution is 5.94. The average Bonchev–Trinajstić information content (AvgIpc) is 2.81. The van der Waals surface area contributed by atoms with E-state index in [1.54, 1.807) is 6.07 Å². The van der Waals surface area contributed by atoms with Crippen molar-refractivity contribution in [2.75, 3.05) is 25.5 Å². The van der Waals surface area contributed by atoms with Gasteiger partial charge in [0.05, 0.1) is 6.34 Å². The molecule has 0 radical (unpaired) electrons. The number of pyridine rings is 1. The molecule has 2 atom stereocenters. The molecule has 2 heterocycles. The van der Waals surface area contributed by atoms with E-state index in [-0.39, 0.29) is 0 Å². The number of likely N-dealkylation sites (tertiary alicyclic amines) is 1. The third-order valence-corrected chi connectivity index (χ3v) is 6.89. The van der Waals surface area contributed by atoms with E-state index in [4.69, 9.17) is 5.73 Å². The molecule has 6 nitrogen and oxygen atoms in total. The normalized spacial score (nSPS) is 22.1. The minimum Gasteiger partial charge on any atom is -0.367 e. The van der Waals surface area contributed by atoms with Gasteiger partial charge in [-0.05, 0) is 72.4 Å². The lowest BCUT2D eigenvalue weighted by molar-refractivity contribution is 0.100. The summed E-state index contributed by atoms with van der Waals surface area (Å²) in [6.07, 6.45) is 11.5. The van der Waals surface area contributed by atoms with E-state index < -0.39 is 5.91 Å². The minimum atomic E-state index is -0.407. The van der Waals surface area contributed by atoms with E-state index in [0.717, 1.165) is 23.5 Å². The van der Waals surface area contributed by atoms with Crippen molar-refractivity contribution in [2.45, 2.75) is 65.3 Å². The van der Waals surface area contributed by atoms with E-state index in [2.05, 4.69) is 41.0 Å². The van der Waals surface area contributed by atoms with Crippen molar-refractivity contribution in [3.8, 4) is 11.1 Å². The van der Waals surface area contributed by atoms with Gasteiger partial charge in [-0.25, -0.2) is 4.98 Å². The zero-order valence-electron chi connectivity index (χ0n) is 21.3. The van der Waals surface area contributed by atoms with Crippen LogP contribution in [0, 0.1) is 11.3 Å². The standard InChI is InChI=1S/C19H23N3O.C9H18N2/c1-13-5-2-3-8-17(13)22-18-12-15(9-10-21-18)14-6-4-7-16(11-14)19(20)23;1-9(2)5-4-6-11(7-9)8-10-3/h4,6-7,9-13,17H,2-3,5,8H2,1H3,(H2,20,23)(H,21,22);8H,4-7H2,1-3H3/t13-,17-;/m1./s1. The van der Waals surface area contributed by atoms with E-state index in [0.29, 0.717) is 22.9 Å². The van der Waals surface area contributed by atoms with Crippen LogP contribution < -0.4 is 11.1 Å². The van der Waals surface area contributed by atoms with E-state index in [1.807, 2.05) is 49.9 Å². The van der Waals surface area contributed by atoms with Crippen LogP contribution in [0.2, 0.25) is 0 Å². The van der Waals surface area contributed by atoms with Crippen molar-refractivity contribution in [1.29, 1.82) is 0 Å². The molecule has 1 amide bonds. The quantitative estimate of drug-likeness (QED) is 0.446. The first-order valence-corrected chi connectivity index (χ1v) is 12.6. The van der Waals surface area contributed by atoms with Crippen LogP contribution >= 0.6 is 0 Å². The number of nitrogens with two attached hydrogens (primary N) is 1. The summed E-state index contributed by atoms with van der Waals surface area (Å²) in [5, 5.41) is 3.58. The molecule has 2 fully saturated rings. The van der Waals surface area contributed by atoms with Gasteiger partial charge in [0, 0.05) is 37.9 Å². The van der Waals surface area contributed by atoms with Crippen molar-refractivity contribution in [3.63, 3.8) is 0 Å². The molecule has 2 aliphatic rings. The fourth-order valence-corrected chi connectivity index (χ4v) is 4.99. The molecule has 1 aliphatic heterocycles. The number of rotatable bonds is 5. The minimum absolute atomic E-state index is 0.407. The molecule has 4 rings (SSSR count). The van der Waals surface area contributed by atoms with Gasteiger partial charge in [0.2, 0.25) is 5.91 Å². The van der Waals surface area contributed by atoms with Crippen LogP contribution in [0.15, 0.2) is 47.6 Å². The SMILES string of the molecule is CN=CN1CCCC(C)(C)C1.C[C@@H]1CCCC[C@H]1Nc1cc(-c2cccc(C(N)=O)c2)ccn1. The second kappa shape index (κ2) is 12.0. The molecule has 2 aromatic rings. The van der Waals surface area contributed by atoms with Crippen molar-refractivity contribution in [3.05, 3.63) is 48.2 Å². The van der Waals surface area contributed by atoms with E-state index >= 15 is 0 Å². The highest BCUT2D eigenvalue weighted by atomic mass is 16.1. The highest BCUT2D eigenvalue weighted by Crippen LogP contribution is 2.29. The van der Waals surface area contributed by atoms with Crippen LogP contribution in [0.1, 0.15) is 69.7 Å². The number of benzene rings is 1. The summed E-state index contributed by atoms with van der Waals surface area (Å²) in [5.74, 6) is 1.16. The number of anilines is 1. The summed E-state index contributed by atoms with van der Waals surface area (Å²) in [5.41, 5.74) is 8.39. The summed E-state index contributed by atoms with van der Waals surface area (Å²) in [4.78, 5) is 22.1. The first kappa shape index (κ1) is 25.7. The Morgan fingerprint density at radius 2 is 1.94 bits per heavy atom. The number of piperidine rings is 1. The summed E-state index contributed by atoms with van der Waals surface area (Å²) < 4.78 is 0. The molecule has 1 saturated carbocycles. The monoisotopic (exact) mass is 463 g/mol. The van der Waals surface area contributed by atoms with E-state index in [1.165, 1.54) is 45.1 Å². The molecule has 34 heavy (non-hydrogen) atoms. The molecule has 1 aromatic carbocycles. The van der Waals surface area contributed by atoms with Gasteiger partial charge in [0.25, 0.3) is 0 Å². The Bertz CT molecular complexity index is 971. The molecule has 3 N–H and O–H groups in total. The lowest BCUT2D eigenvalue weighted by Crippen LogP contribution is -2.39. The van der Waals surface area contributed by atoms with Crippen molar-refractivity contribution in [1.82, 2.24) is 9.88 Å². The fraction of sp³-hybridized carbons (Fsp3) is 0.536. The number of aliphatic imine (C=N–C) groups is 1. The maximum Gasteiger partial charge on any atom is 0.248 e. The molecule has 0 spiro atoms. The van der Waals surface area contributed by atoms with Crippen LogP contribution in [0.4, 0.5) is 5.82 Å². The number of carbonyl (C=O) groups is 1. The summed E-state index contributed by atoms with van der Waals surface area (Å²) in [6, 6.07) is 11.9. The summed E-state index contributed by atoms with van der Waals surface area (Å²) in [7, 11) is 1.83. The highest BCUT2D eigenvalue weighted by Gasteiger charge is 2.24. The van der Waals surface area contributed by atoms with Crippen molar-refractivity contribution >= 4 is 18.1 Å². The van der Waals surface area contributed by atoms with Gasteiger partial charge in [-0.3, -0.25) is 9.79 Å². The number of nitrogens with one attached hydrogen (secondary N) is 1. The first-order chi connectivity index (χ1) is 16.3. The van der Waals surface area contributed by atoms with Gasteiger partial charge in [0.1, 0.15) is 5.82 Å². The number of carbonyl (C=O) groups excluding carboxylic acids is 1. The number of aromatic nitrogens is 1. The van der Waals surface area contributed by atoms with Gasteiger partial charge in [-0.15, -0.1) is 0 Å². The molecule has 184 valence electrons. The Morgan fingerprint density at radius 1 is 1.18 bits per heavy atom. The van der Waals surface area contributed by atoms with Gasteiger partial charge in [-0.2, -0.15) is 0 Å². The lowest BCUT2D eigenvalue weighted by Gasteiger charge is -2.36. The maximum atomic E-state index is 11.3.